The molecule has 3 aliphatic rings. The molecule has 2 aliphatic heterocycles. The Bertz CT molecular complexity index is 942. The maximum Gasteiger partial charge on any atom is 0.254 e. The minimum atomic E-state index is -0.0937. The molecule has 28 heavy (non-hydrogen) atoms. The van der Waals surface area contributed by atoms with Crippen LogP contribution in [0, 0.1) is 5.92 Å². The highest BCUT2D eigenvalue weighted by Crippen LogP contribution is 2.44. The molecule has 0 radical (unpaired) electrons. The summed E-state index contributed by atoms with van der Waals surface area (Å²) in [6.45, 7) is 2.69. The Balaban J connectivity index is 1.41. The summed E-state index contributed by atoms with van der Waals surface area (Å²) in [5, 5.41) is 0. The first-order valence-corrected chi connectivity index (χ1v) is 10.1. The van der Waals surface area contributed by atoms with Crippen molar-refractivity contribution in [2.45, 2.75) is 37.5 Å². The number of piperidine rings is 1. The average molecular weight is 380 g/mol. The molecule has 1 amide bonds. The molecular weight excluding hydrogens is 356 g/mol. The average Bonchev–Trinajstić information content (AvgIpc) is 3.38. The Morgan fingerprint density at radius 3 is 2.86 bits per heavy atom. The number of hydrogen-bond acceptors (Lipinski definition) is 5. The number of aromatic nitrogens is 3. The molecule has 146 valence electrons. The first kappa shape index (κ1) is 17.6. The Labute approximate surface area is 163 Å². The summed E-state index contributed by atoms with van der Waals surface area (Å²) in [7, 11) is 0. The van der Waals surface area contributed by atoms with Crippen LogP contribution in [0.4, 0.5) is 0 Å². The Hall–Kier alpha value is -2.54. The second-order valence-electron chi connectivity index (χ2n) is 8.15. The molecule has 2 aromatic heterocycles. The molecule has 1 N–H and O–H groups in total. The largest absolute Gasteiger partial charge is 0.381 e. The molecule has 7 nitrogen and oxygen atoms in total. The van der Waals surface area contributed by atoms with E-state index in [2.05, 4.69) is 9.97 Å². The summed E-state index contributed by atoms with van der Waals surface area (Å²) in [5.41, 5.74) is 2.44. The summed E-state index contributed by atoms with van der Waals surface area (Å²) < 4.78 is 5.38. The lowest BCUT2D eigenvalue weighted by molar-refractivity contribution is -0.137. The lowest BCUT2D eigenvalue weighted by Gasteiger charge is -2.40. The monoisotopic (exact) mass is 380 g/mol. The van der Waals surface area contributed by atoms with Crippen molar-refractivity contribution < 1.29 is 9.53 Å². The van der Waals surface area contributed by atoms with Gasteiger partial charge in [-0.05, 0) is 44.2 Å². The van der Waals surface area contributed by atoms with Crippen molar-refractivity contribution in [3.8, 4) is 11.4 Å². The van der Waals surface area contributed by atoms with E-state index in [0.717, 1.165) is 62.0 Å². The molecular formula is C21H24N4O3. The zero-order valence-corrected chi connectivity index (χ0v) is 15.8. The Morgan fingerprint density at radius 1 is 1.29 bits per heavy atom. The van der Waals surface area contributed by atoms with Crippen LogP contribution < -0.4 is 5.56 Å². The number of pyridine rings is 1. The van der Waals surface area contributed by atoms with Gasteiger partial charge < -0.3 is 14.6 Å². The molecule has 4 heterocycles. The van der Waals surface area contributed by atoms with Gasteiger partial charge in [-0.2, -0.15) is 0 Å². The van der Waals surface area contributed by atoms with Crippen molar-refractivity contribution in [3.05, 3.63) is 46.1 Å². The second kappa shape index (κ2) is 6.81. The highest BCUT2D eigenvalue weighted by atomic mass is 16.5. The first-order chi connectivity index (χ1) is 13.7. The van der Waals surface area contributed by atoms with E-state index in [0.29, 0.717) is 19.0 Å². The van der Waals surface area contributed by atoms with Crippen LogP contribution in [-0.2, 0) is 21.4 Å². The number of carbonyl (C=O) groups excluding carboxylic acids is 1. The fraction of sp³-hybridized carbons (Fsp3) is 0.524. The summed E-state index contributed by atoms with van der Waals surface area (Å²) in [4.78, 5) is 39.3. The van der Waals surface area contributed by atoms with Gasteiger partial charge in [-0.25, -0.2) is 4.98 Å². The number of nitrogens with one attached hydrogen (secondary N) is 1. The summed E-state index contributed by atoms with van der Waals surface area (Å²) in [6.07, 6.45) is 7.67. The van der Waals surface area contributed by atoms with Gasteiger partial charge in [0, 0.05) is 48.6 Å². The number of hydrogen-bond donors (Lipinski definition) is 1. The fourth-order valence-corrected chi connectivity index (χ4v) is 4.92. The lowest BCUT2D eigenvalue weighted by atomic mass is 9.76. The van der Waals surface area contributed by atoms with Gasteiger partial charge in [-0.15, -0.1) is 0 Å². The maximum atomic E-state index is 12.7. The molecule has 0 aromatic carbocycles. The number of carbonyl (C=O) groups is 1. The van der Waals surface area contributed by atoms with Crippen molar-refractivity contribution in [1.29, 1.82) is 0 Å². The van der Waals surface area contributed by atoms with Crippen LogP contribution in [0.3, 0.4) is 0 Å². The van der Waals surface area contributed by atoms with E-state index in [-0.39, 0.29) is 22.8 Å². The topological polar surface area (TPSA) is 88.2 Å². The van der Waals surface area contributed by atoms with Crippen LogP contribution in [0.15, 0.2) is 29.3 Å². The van der Waals surface area contributed by atoms with Crippen molar-refractivity contribution in [3.63, 3.8) is 0 Å². The quantitative estimate of drug-likeness (QED) is 0.856. The van der Waals surface area contributed by atoms with Crippen LogP contribution in [0.25, 0.3) is 11.4 Å². The lowest BCUT2D eigenvalue weighted by Crippen LogP contribution is -2.47. The fourth-order valence-electron chi connectivity index (χ4n) is 4.92. The zero-order chi connectivity index (χ0) is 19.1. The van der Waals surface area contributed by atoms with E-state index in [1.54, 1.807) is 12.4 Å². The SMILES string of the molecule is O=C(C1CCOC1)N1CCC2(CCc3c2nc(-c2cccnc2)[nH]c3=O)CC1. The highest BCUT2D eigenvalue weighted by Gasteiger charge is 2.45. The van der Waals surface area contributed by atoms with E-state index in [4.69, 9.17) is 9.72 Å². The molecule has 5 rings (SSSR count). The molecule has 1 spiro atoms. The maximum absolute atomic E-state index is 12.7. The molecule has 2 saturated heterocycles. The third-order valence-corrected chi connectivity index (χ3v) is 6.62. The predicted molar refractivity (Wildman–Crippen MR) is 103 cm³/mol. The standard InChI is InChI=1S/C21H24N4O3/c26-19-16-3-5-21(17(16)23-18(24-19)14-2-1-8-22-12-14)6-9-25(10-7-21)20(27)15-4-11-28-13-15/h1-2,8,12,15H,3-7,9-11,13H2,(H,23,24,26). The molecule has 1 atom stereocenters. The number of likely N-dealkylation sites (tertiary alicyclic amines) is 1. The third kappa shape index (κ3) is 2.85. The minimum Gasteiger partial charge on any atom is -0.381 e. The smallest absolute Gasteiger partial charge is 0.254 e. The van der Waals surface area contributed by atoms with E-state index >= 15 is 0 Å². The molecule has 1 aliphatic carbocycles. The summed E-state index contributed by atoms with van der Waals surface area (Å²) in [6, 6.07) is 3.75. The van der Waals surface area contributed by atoms with Gasteiger partial charge in [0.25, 0.3) is 5.56 Å². The van der Waals surface area contributed by atoms with Gasteiger partial charge in [0.05, 0.1) is 18.2 Å². The van der Waals surface area contributed by atoms with Gasteiger partial charge in [-0.1, -0.05) is 0 Å². The van der Waals surface area contributed by atoms with Gasteiger partial charge in [0.2, 0.25) is 5.91 Å². The van der Waals surface area contributed by atoms with Crippen LogP contribution >= 0.6 is 0 Å². The Kier molecular flexibility index (Phi) is 4.27. The number of nitrogens with zero attached hydrogens (tertiary/aromatic N) is 3. The molecule has 1 unspecified atom stereocenters. The first-order valence-electron chi connectivity index (χ1n) is 10.1. The van der Waals surface area contributed by atoms with Crippen molar-refractivity contribution in [1.82, 2.24) is 19.9 Å². The van der Waals surface area contributed by atoms with Gasteiger partial charge in [0.1, 0.15) is 5.82 Å². The van der Waals surface area contributed by atoms with Crippen LogP contribution in [0.2, 0.25) is 0 Å². The van der Waals surface area contributed by atoms with E-state index in [9.17, 15) is 9.59 Å². The molecule has 2 aromatic rings. The van der Waals surface area contributed by atoms with Crippen molar-refractivity contribution in [2.75, 3.05) is 26.3 Å². The number of fused-ring (bicyclic) bond motifs is 2. The number of aromatic amines is 1. The molecule has 7 heteroatoms. The van der Waals surface area contributed by atoms with Crippen LogP contribution in [-0.4, -0.2) is 52.1 Å². The van der Waals surface area contributed by atoms with Crippen molar-refractivity contribution in [2.24, 2.45) is 5.92 Å². The number of rotatable bonds is 2. The predicted octanol–water partition coefficient (Wildman–Crippen LogP) is 1.67. The van der Waals surface area contributed by atoms with E-state index < -0.39 is 0 Å². The van der Waals surface area contributed by atoms with Crippen LogP contribution in [0.5, 0.6) is 0 Å². The van der Waals surface area contributed by atoms with Crippen molar-refractivity contribution >= 4 is 5.91 Å². The molecule has 0 bridgehead atoms. The number of amides is 1. The van der Waals surface area contributed by atoms with E-state index in [1.165, 1.54) is 0 Å². The normalized spacial score (nSPS) is 23.1. The minimum absolute atomic E-state index is 0.0167. The van der Waals surface area contributed by atoms with E-state index in [1.807, 2.05) is 17.0 Å². The molecule has 0 saturated carbocycles. The second-order valence-corrected chi connectivity index (χ2v) is 8.15. The Morgan fingerprint density at radius 2 is 2.14 bits per heavy atom. The molecule has 2 fully saturated rings. The van der Waals surface area contributed by atoms with Gasteiger partial charge >= 0.3 is 0 Å². The number of ether oxygens (including phenoxy) is 1. The third-order valence-electron chi connectivity index (χ3n) is 6.62. The summed E-state index contributed by atoms with van der Waals surface area (Å²) >= 11 is 0. The number of H-pyrrole nitrogens is 1. The highest BCUT2D eigenvalue weighted by molar-refractivity contribution is 5.79. The van der Waals surface area contributed by atoms with Gasteiger partial charge in [-0.3, -0.25) is 14.6 Å². The van der Waals surface area contributed by atoms with Gasteiger partial charge in [0.15, 0.2) is 0 Å². The zero-order valence-electron chi connectivity index (χ0n) is 15.8. The summed E-state index contributed by atoms with van der Waals surface area (Å²) in [5.74, 6) is 0.822. The van der Waals surface area contributed by atoms with Crippen LogP contribution in [0.1, 0.15) is 36.9 Å².